The third-order valence-corrected chi connectivity index (χ3v) is 4.62. The van der Waals surface area contributed by atoms with Crippen LogP contribution in [0.5, 0.6) is 5.75 Å². The van der Waals surface area contributed by atoms with Crippen LogP contribution in [0.4, 0.5) is 5.69 Å². The summed E-state index contributed by atoms with van der Waals surface area (Å²) in [5.74, 6) is 0.694. The Bertz CT molecular complexity index is 809. The highest BCUT2D eigenvalue weighted by Crippen LogP contribution is 2.28. The number of carbonyl (C=O) groups is 1. The van der Waals surface area contributed by atoms with E-state index < -0.39 is 0 Å². The van der Waals surface area contributed by atoms with E-state index in [-0.39, 0.29) is 5.91 Å². The van der Waals surface area contributed by atoms with Crippen LogP contribution in [0.3, 0.4) is 0 Å². The summed E-state index contributed by atoms with van der Waals surface area (Å²) in [5, 5.41) is 3.40. The monoisotopic (exact) mass is 352 g/mol. The fraction of sp³-hybridized carbons (Fsp3) is 0.200. The van der Waals surface area contributed by atoms with E-state index in [2.05, 4.69) is 29.4 Å². The summed E-state index contributed by atoms with van der Waals surface area (Å²) in [6.07, 6.45) is 2.89. The summed E-state index contributed by atoms with van der Waals surface area (Å²) in [4.78, 5) is 17.3. The van der Waals surface area contributed by atoms with Crippen molar-refractivity contribution in [3.8, 4) is 5.75 Å². The van der Waals surface area contributed by atoms with Gasteiger partial charge in [0, 0.05) is 0 Å². The first-order valence-corrected chi connectivity index (χ1v) is 9.11. The summed E-state index contributed by atoms with van der Waals surface area (Å²) >= 11 is 1.35. The zero-order valence-corrected chi connectivity index (χ0v) is 15.1. The first-order valence-electron chi connectivity index (χ1n) is 8.29. The Morgan fingerprint density at radius 1 is 1.08 bits per heavy atom. The summed E-state index contributed by atoms with van der Waals surface area (Å²) in [7, 11) is 0. The second-order valence-electron chi connectivity index (χ2n) is 5.50. The molecule has 5 heteroatoms. The van der Waals surface area contributed by atoms with Gasteiger partial charge in [-0.15, -0.1) is 0 Å². The first kappa shape index (κ1) is 17.3. The molecule has 3 rings (SSSR count). The lowest BCUT2D eigenvalue weighted by Gasteiger charge is -2.02. The summed E-state index contributed by atoms with van der Waals surface area (Å²) < 4.78 is 5.42. The number of thioether (sulfide) groups is 1. The van der Waals surface area contributed by atoms with E-state index in [0.29, 0.717) is 16.7 Å². The molecule has 2 aromatic carbocycles. The van der Waals surface area contributed by atoms with Crippen LogP contribution in [-0.2, 0) is 11.2 Å². The molecule has 0 atom stereocenters. The van der Waals surface area contributed by atoms with Crippen molar-refractivity contribution in [1.29, 1.82) is 0 Å². The van der Waals surface area contributed by atoms with Crippen LogP contribution in [0, 0.1) is 0 Å². The molecular formula is C20H20N2O2S. The molecule has 0 bridgehead atoms. The van der Waals surface area contributed by atoms with Gasteiger partial charge in [0.1, 0.15) is 5.75 Å². The van der Waals surface area contributed by atoms with Crippen molar-refractivity contribution in [2.75, 3.05) is 6.61 Å². The van der Waals surface area contributed by atoms with Crippen LogP contribution in [0.15, 0.2) is 58.4 Å². The number of hydrogen-bond acceptors (Lipinski definition) is 4. The molecule has 1 N–H and O–H groups in total. The van der Waals surface area contributed by atoms with E-state index in [1.54, 1.807) is 0 Å². The predicted molar refractivity (Wildman–Crippen MR) is 104 cm³/mol. The first-order chi connectivity index (χ1) is 12.2. The SMILES string of the molecule is CCOc1ccc(N=C2NC(=O)/C(=C\c3ccc(CC)cc3)S2)cc1. The van der Waals surface area contributed by atoms with Crippen molar-refractivity contribution in [1.82, 2.24) is 5.32 Å². The van der Waals surface area contributed by atoms with Crippen molar-refractivity contribution in [3.05, 3.63) is 64.6 Å². The predicted octanol–water partition coefficient (Wildman–Crippen LogP) is 4.54. The summed E-state index contributed by atoms with van der Waals surface area (Å²) in [6, 6.07) is 15.7. The highest BCUT2D eigenvalue weighted by atomic mass is 32.2. The molecule has 1 saturated heterocycles. The van der Waals surface area contributed by atoms with E-state index in [4.69, 9.17) is 4.74 Å². The number of aryl methyl sites for hydroxylation is 1. The minimum absolute atomic E-state index is 0.116. The lowest BCUT2D eigenvalue weighted by atomic mass is 10.1. The maximum Gasteiger partial charge on any atom is 0.264 e. The Kier molecular flexibility index (Phi) is 5.56. The normalized spacial score (nSPS) is 17.1. The van der Waals surface area contributed by atoms with Crippen LogP contribution in [0.2, 0.25) is 0 Å². The molecule has 2 aromatic rings. The Morgan fingerprint density at radius 3 is 2.44 bits per heavy atom. The number of benzene rings is 2. The Morgan fingerprint density at radius 2 is 1.80 bits per heavy atom. The zero-order chi connectivity index (χ0) is 17.6. The molecule has 0 aliphatic carbocycles. The molecule has 0 spiro atoms. The van der Waals surface area contributed by atoms with E-state index in [1.807, 2.05) is 49.4 Å². The molecule has 0 unspecified atom stereocenters. The highest BCUT2D eigenvalue weighted by molar-refractivity contribution is 8.18. The maximum atomic E-state index is 12.1. The molecule has 128 valence electrons. The zero-order valence-electron chi connectivity index (χ0n) is 14.3. The Hall–Kier alpha value is -2.53. The molecule has 0 aromatic heterocycles. The van der Waals surface area contributed by atoms with Gasteiger partial charge in [-0.1, -0.05) is 31.2 Å². The van der Waals surface area contributed by atoms with Crippen molar-refractivity contribution < 1.29 is 9.53 Å². The van der Waals surface area contributed by atoms with Gasteiger partial charge in [0.05, 0.1) is 17.2 Å². The standard InChI is InChI=1S/C20H20N2O2S/c1-3-14-5-7-15(8-6-14)13-18-19(23)22-20(25-18)21-16-9-11-17(12-10-16)24-4-2/h5-13H,3-4H2,1-2H3,(H,21,22,23)/b18-13+. The van der Waals surface area contributed by atoms with Gasteiger partial charge in [-0.25, -0.2) is 4.99 Å². The van der Waals surface area contributed by atoms with Gasteiger partial charge in [-0.05, 0) is 66.6 Å². The number of hydrogen-bond donors (Lipinski definition) is 1. The van der Waals surface area contributed by atoms with Gasteiger partial charge in [-0.2, -0.15) is 0 Å². The molecule has 1 aliphatic heterocycles. The molecule has 1 amide bonds. The van der Waals surface area contributed by atoms with Crippen LogP contribution in [0.25, 0.3) is 6.08 Å². The summed E-state index contributed by atoms with van der Waals surface area (Å²) in [6.45, 7) is 4.70. The van der Waals surface area contributed by atoms with Gasteiger partial charge < -0.3 is 10.1 Å². The van der Waals surface area contributed by atoms with E-state index >= 15 is 0 Å². The number of nitrogens with zero attached hydrogens (tertiary/aromatic N) is 1. The maximum absolute atomic E-state index is 12.1. The highest BCUT2D eigenvalue weighted by Gasteiger charge is 2.23. The van der Waals surface area contributed by atoms with E-state index in [9.17, 15) is 4.79 Å². The van der Waals surface area contributed by atoms with Crippen molar-refractivity contribution in [2.45, 2.75) is 20.3 Å². The third-order valence-electron chi connectivity index (χ3n) is 3.71. The van der Waals surface area contributed by atoms with Gasteiger partial charge in [-0.3, -0.25) is 4.79 Å². The van der Waals surface area contributed by atoms with Crippen molar-refractivity contribution in [2.24, 2.45) is 4.99 Å². The third kappa shape index (κ3) is 4.51. The number of ether oxygens (including phenoxy) is 1. The van der Waals surface area contributed by atoms with Crippen molar-refractivity contribution >= 4 is 34.6 Å². The lowest BCUT2D eigenvalue weighted by Crippen LogP contribution is -2.19. The molecular weight excluding hydrogens is 332 g/mol. The molecule has 0 radical (unpaired) electrons. The molecule has 0 saturated carbocycles. The topological polar surface area (TPSA) is 50.7 Å². The van der Waals surface area contributed by atoms with Gasteiger partial charge in [0.25, 0.3) is 5.91 Å². The fourth-order valence-electron chi connectivity index (χ4n) is 2.38. The van der Waals surface area contributed by atoms with Crippen LogP contribution in [-0.4, -0.2) is 17.7 Å². The number of amides is 1. The van der Waals surface area contributed by atoms with Crippen LogP contribution < -0.4 is 10.1 Å². The quantitative estimate of drug-likeness (QED) is 0.804. The molecule has 1 aliphatic rings. The Labute approximate surface area is 152 Å². The molecule has 25 heavy (non-hydrogen) atoms. The molecule has 1 heterocycles. The summed E-state index contributed by atoms with van der Waals surface area (Å²) in [5.41, 5.74) is 3.07. The number of aliphatic imine (C=N–C) groups is 1. The number of nitrogens with one attached hydrogen (secondary N) is 1. The number of rotatable bonds is 5. The minimum atomic E-state index is -0.116. The van der Waals surface area contributed by atoms with E-state index in [0.717, 1.165) is 23.4 Å². The van der Waals surface area contributed by atoms with Crippen LogP contribution in [0.1, 0.15) is 25.0 Å². The van der Waals surface area contributed by atoms with Gasteiger partial charge in [0.2, 0.25) is 0 Å². The van der Waals surface area contributed by atoms with Gasteiger partial charge in [0.15, 0.2) is 5.17 Å². The average Bonchev–Trinajstić information content (AvgIpc) is 2.97. The number of carbonyl (C=O) groups excluding carboxylic acids is 1. The Balaban J connectivity index is 1.73. The van der Waals surface area contributed by atoms with Crippen molar-refractivity contribution in [3.63, 3.8) is 0 Å². The van der Waals surface area contributed by atoms with E-state index in [1.165, 1.54) is 17.3 Å². The largest absolute Gasteiger partial charge is 0.494 e. The lowest BCUT2D eigenvalue weighted by molar-refractivity contribution is -0.115. The number of amidine groups is 1. The molecule has 1 fully saturated rings. The smallest absolute Gasteiger partial charge is 0.264 e. The molecule has 4 nitrogen and oxygen atoms in total. The minimum Gasteiger partial charge on any atom is -0.494 e. The fourth-order valence-corrected chi connectivity index (χ4v) is 3.22. The second kappa shape index (κ2) is 8.03. The average molecular weight is 352 g/mol. The van der Waals surface area contributed by atoms with Gasteiger partial charge >= 0.3 is 0 Å². The van der Waals surface area contributed by atoms with Crippen LogP contribution >= 0.6 is 11.8 Å². The second-order valence-corrected chi connectivity index (χ2v) is 6.53.